The molecule has 1 amide bonds. The minimum absolute atomic E-state index is 0.129. The Morgan fingerprint density at radius 1 is 1.09 bits per heavy atom. The van der Waals surface area contributed by atoms with Crippen LogP contribution in [0.1, 0.15) is 12.0 Å². The highest BCUT2D eigenvalue weighted by molar-refractivity contribution is 5.76. The molecule has 23 heavy (non-hydrogen) atoms. The number of carbonyl (C=O) groups excluding carboxylic acids is 1. The van der Waals surface area contributed by atoms with E-state index >= 15 is 0 Å². The molecule has 2 rings (SSSR count). The fourth-order valence-corrected chi connectivity index (χ4v) is 1.96. The highest BCUT2D eigenvalue weighted by atomic mass is 19.2. The van der Waals surface area contributed by atoms with Crippen LogP contribution >= 0.6 is 0 Å². The van der Waals surface area contributed by atoms with Crippen molar-refractivity contribution < 1.29 is 18.3 Å². The summed E-state index contributed by atoms with van der Waals surface area (Å²) in [6.45, 7) is 0.757. The fourth-order valence-electron chi connectivity index (χ4n) is 1.96. The first-order chi connectivity index (χ1) is 11.1. The van der Waals surface area contributed by atoms with Crippen LogP contribution in [0, 0.1) is 11.6 Å². The van der Waals surface area contributed by atoms with Gasteiger partial charge in [-0.15, -0.1) is 0 Å². The van der Waals surface area contributed by atoms with Gasteiger partial charge in [-0.1, -0.05) is 12.1 Å². The summed E-state index contributed by atoms with van der Waals surface area (Å²) in [5, 5.41) is 5.66. The zero-order chi connectivity index (χ0) is 16.7. The predicted molar refractivity (Wildman–Crippen MR) is 84.3 cm³/mol. The second-order valence-electron chi connectivity index (χ2n) is 4.93. The molecular weight excluding hydrogens is 302 g/mol. The molecule has 122 valence electrons. The molecule has 0 atom stereocenters. The van der Waals surface area contributed by atoms with Gasteiger partial charge in [0.1, 0.15) is 5.75 Å². The summed E-state index contributed by atoms with van der Waals surface area (Å²) in [5.74, 6) is -1.18. The second-order valence-corrected chi connectivity index (χ2v) is 4.93. The molecule has 0 aliphatic carbocycles. The summed E-state index contributed by atoms with van der Waals surface area (Å²) in [5.41, 5.74) is 1.40. The molecule has 0 fully saturated rings. The monoisotopic (exact) mass is 320 g/mol. The van der Waals surface area contributed by atoms with Gasteiger partial charge in [-0.2, -0.15) is 0 Å². The average molecular weight is 320 g/mol. The van der Waals surface area contributed by atoms with Gasteiger partial charge >= 0.3 is 0 Å². The van der Waals surface area contributed by atoms with Gasteiger partial charge in [-0.25, -0.2) is 8.78 Å². The molecule has 0 aromatic heterocycles. The SMILES string of the molecule is COc1ccc(CNC(=O)CCNc2ccc(F)c(F)c2)cc1. The van der Waals surface area contributed by atoms with Gasteiger partial charge < -0.3 is 15.4 Å². The first-order valence-corrected chi connectivity index (χ1v) is 7.17. The Labute approximate surface area is 133 Å². The first-order valence-electron chi connectivity index (χ1n) is 7.17. The number of amides is 1. The number of rotatable bonds is 7. The summed E-state index contributed by atoms with van der Waals surface area (Å²) in [4.78, 5) is 11.7. The largest absolute Gasteiger partial charge is 0.497 e. The second kappa shape index (κ2) is 8.12. The highest BCUT2D eigenvalue weighted by Crippen LogP contribution is 2.13. The van der Waals surface area contributed by atoms with Crippen molar-refractivity contribution in [2.75, 3.05) is 19.0 Å². The van der Waals surface area contributed by atoms with E-state index in [0.29, 0.717) is 18.8 Å². The number of methoxy groups -OCH3 is 1. The van der Waals surface area contributed by atoms with Gasteiger partial charge in [0.25, 0.3) is 0 Å². The number of nitrogens with one attached hydrogen (secondary N) is 2. The van der Waals surface area contributed by atoms with Crippen LogP contribution in [0.2, 0.25) is 0 Å². The van der Waals surface area contributed by atoms with Gasteiger partial charge in [0, 0.05) is 25.2 Å². The van der Waals surface area contributed by atoms with Crippen molar-refractivity contribution in [2.24, 2.45) is 0 Å². The number of halogens is 2. The van der Waals surface area contributed by atoms with Gasteiger partial charge in [0.2, 0.25) is 5.91 Å². The smallest absolute Gasteiger partial charge is 0.222 e. The molecule has 0 saturated carbocycles. The van der Waals surface area contributed by atoms with E-state index in [1.54, 1.807) is 7.11 Å². The van der Waals surface area contributed by atoms with Gasteiger partial charge in [0.05, 0.1) is 7.11 Å². The summed E-state index contributed by atoms with van der Waals surface area (Å²) >= 11 is 0. The lowest BCUT2D eigenvalue weighted by molar-refractivity contribution is -0.121. The Bertz CT molecular complexity index is 660. The van der Waals surface area contributed by atoms with E-state index < -0.39 is 11.6 Å². The van der Waals surface area contributed by atoms with Crippen molar-refractivity contribution >= 4 is 11.6 Å². The van der Waals surface area contributed by atoms with E-state index in [4.69, 9.17) is 4.74 Å². The van der Waals surface area contributed by atoms with Crippen molar-refractivity contribution in [3.63, 3.8) is 0 Å². The lowest BCUT2D eigenvalue weighted by Gasteiger charge is -2.08. The Hall–Kier alpha value is -2.63. The molecule has 0 bridgehead atoms. The van der Waals surface area contributed by atoms with E-state index in [-0.39, 0.29) is 12.3 Å². The molecule has 0 aliphatic heterocycles. The number of anilines is 1. The maximum absolute atomic E-state index is 13.0. The van der Waals surface area contributed by atoms with Crippen LogP contribution < -0.4 is 15.4 Å². The van der Waals surface area contributed by atoms with Crippen molar-refractivity contribution in [1.29, 1.82) is 0 Å². The Balaban J connectivity index is 1.71. The van der Waals surface area contributed by atoms with Gasteiger partial charge in [0.15, 0.2) is 11.6 Å². The molecule has 0 saturated heterocycles. The van der Waals surface area contributed by atoms with Crippen LogP contribution in [0.25, 0.3) is 0 Å². The molecule has 0 unspecified atom stereocenters. The van der Waals surface area contributed by atoms with E-state index in [2.05, 4.69) is 10.6 Å². The van der Waals surface area contributed by atoms with Crippen LogP contribution in [0.5, 0.6) is 5.75 Å². The third-order valence-corrected chi connectivity index (χ3v) is 3.25. The van der Waals surface area contributed by atoms with Crippen LogP contribution in [0.4, 0.5) is 14.5 Å². The van der Waals surface area contributed by atoms with Crippen LogP contribution in [-0.4, -0.2) is 19.6 Å². The van der Waals surface area contributed by atoms with Crippen molar-refractivity contribution in [1.82, 2.24) is 5.32 Å². The van der Waals surface area contributed by atoms with E-state index in [9.17, 15) is 13.6 Å². The molecule has 0 spiro atoms. The van der Waals surface area contributed by atoms with Gasteiger partial charge in [-0.05, 0) is 35.9 Å². The average Bonchev–Trinajstić information content (AvgIpc) is 2.56. The zero-order valence-electron chi connectivity index (χ0n) is 12.7. The Kier molecular flexibility index (Phi) is 5.91. The topological polar surface area (TPSA) is 50.4 Å². The number of benzene rings is 2. The van der Waals surface area contributed by atoms with E-state index in [0.717, 1.165) is 23.4 Å². The van der Waals surface area contributed by atoms with Crippen LogP contribution in [0.15, 0.2) is 42.5 Å². The number of ether oxygens (including phenoxy) is 1. The van der Waals surface area contributed by atoms with Gasteiger partial charge in [-0.3, -0.25) is 4.79 Å². The lowest BCUT2D eigenvalue weighted by Crippen LogP contribution is -2.24. The number of carbonyl (C=O) groups is 1. The Morgan fingerprint density at radius 3 is 2.48 bits per heavy atom. The molecule has 0 aliphatic rings. The maximum atomic E-state index is 13.0. The minimum atomic E-state index is -0.918. The van der Waals surface area contributed by atoms with Crippen LogP contribution in [0.3, 0.4) is 0 Å². The number of hydrogen-bond acceptors (Lipinski definition) is 3. The highest BCUT2D eigenvalue weighted by Gasteiger charge is 2.04. The van der Waals surface area contributed by atoms with Crippen LogP contribution in [-0.2, 0) is 11.3 Å². The molecule has 0 radical (unpaired) electrons. The van der Waals surface area contributed by atoms with E-state index in [1.807, 2.05) is 24.3 Å². The zero-order valence-corrected chi connectivity index (χ0v) is 12.7. The number of hydrogen-bond donors (Lipinski definition) is 2. The summed E-state index contributed by atoms with van der Waals surface area (Å²) in [6.07, 6.45) is 0.231. The van der Waals surface area contributed by atoms with Crippen molar-refractivity contribution in [2.45, 2.75) is 13.0 Å². The molecule has 2 aromatic rings. The van der Waals surface area contributed by atoms with E-state index in [1.165, 1.54) is 6.07 Å². The third kappa shape index (κ3) is 5.25. The Morgan fingerprint density at radius 2 is 1.83 bits per heavy atom. The molecule has 2 aromatic carbocycles. The summed E-state index contributed by atoms with van der Waals surface area (Å²) in [7, 11) is 1.59. The predicted octanol–water partition coefficient (Wildman–Crippen LogP) is 3.09. The normalized spacial score (nSPS) is 10.2. The maximum Gasteiger partial charge on any atom is 0.222 e. The summed E-state index contributed by atoms with van der Waals surface area (Å²) < 4.78 is 30.9. The molecule has 4 nitrogen and oxygen atoms in total. The summed E-state index contributed by atoms with van der Waals surface area (Å²) in [6, 6.07) is 10.9. The standard InChI is InChI=1S/C17H18F2N2O2/c1-23-14-5-2-12(3-6-14)11-21-17(22)8-9-20-13-4-7-15(18)16(19)10-13/h2-7,10,20H,8-9,11H2,1H3,(H,21,22). The van der Waals surface area contributed by atoms with Crippen molar-refractivity contribution in [3.05, 3.63) is 59.7 Å². The lowest BCUT2D eigenvalue weighted by atomic mass is 10.2. The molecular formula is C17H18F2N2O2. The molecule has 0 heterocycles. The third-order valence-electron chi connectivity index (χ3n) is 3.25. The quantitative estimate of drug-likeness (QED) is 0.824. The minimum Gasteiger partial charge on any atom is -0.497 e. The molecule has 6 heteroatoms. The fraction of sp³-hybridized carbons (Fsp3) is 0.235. The molecule has 2 N–H and O–H groups in total. The first kappa shape index (κ1) is 16.7. The van der Waals surface area contributed by atoms with Crippen molar-refractivity contribution in [3.8, 4) is 5.75 Å².